The number of fused-ring (bicyclic) bond motifs is 1. The molecule has 2 N–H and O–H groups in total. The first kappa shape index (κ1) is 29.0. The van der Waals surface area contributed by atoms with Crippen LogP contribution in [0, 0.1) is 0 Å². The summed E-state index contributed by atoms with van der Waals surface area (Å²) in [6.07, 6.45) is 2.10. The summed E-state index contributed by atoms with van der Waals surface area (Å²) in [5.41, 5.74) is 3.38. The van der Waals surface area contributed by atoms with Crippen molar-refractivity contribution in [1.29, 1.82) is 0 Å². The second kappa shape index (κ2) is 15.6. The van der Waals surface area contributed by atoms with Gasteiger partial charge in [0.2, 0.25) is 0 Å². The molecular weight excluding hydrogens is 573 g/mol. The summed E-state index contributed by atoms with van der Waals surface area (Å²) in [5.74, 6) is -0.265. The fourth-order valence-corrected chi connectivity index (χ4v) is 5.30. The Hall–Kier alpha value is -1.98. The van der Waals surface area contributed by atoms with E-state index in [0.717, 1.165) is 66.5 Å². The van der Waals surface area contributed by atoms with Crippen molar-refractivity contribution in [3.05, 3.63) is 58.3 Å². The first-order valence-electron chi connectivity index (χ1n) is 12.8. The second-order valence-corrected chi connectivity index (χ2v) is 10.8. The van der Waals surface area contributed by atoms with Crippen LogP contribution in [-0.4, -0.2) is 93.3 Å². The van der Waals surface area contributed by atoms with Gasteiger partial charge in [-0.2, -0.15) is 0 Å². The van der Waals surface area contributed by atoms with Crippen molar-refractivity contribution < 1.29 is 23.5 Å². The van der Waals surface area contributed by atoms with E-state index in [1.54, 1.807) is 6.20 Å². The fourth-order valence-electron chi connectivity index (χ4n) is 4.09. The molecule has 0 saturated carbocycles. The average molecular weight is 608 g/mol. The van der Waals surface area contributed by atoms with Gasteiger partial charge in [0.15, 0.2) is 6.23 Å². The smallest absolute Gasteiger partial charge is 0.305 e. The Morgan fingerprint density at radius 3 is 2.61 bits per heavy atom. The van der Waals surface area contributed by atoms with Crippen molar-refractivity contribution in [2.24, 2.45) is 4.99 Å². The van der Waals surface area contributed by atoms with E-state index in [2.05, 4.69) is 36.2 Å². The molecule has 4 heterocycles. The van der Waals surface area contributed by atoms with Crippen LogP contribution in [0.3, 0.4) is 0 Å². The summed E-state index contributed by atoms with van der Waals surface area (Å²) in [7, 11) is 1.57. The molecule has 3 aliphatic heterocycles. The van der Waals surface area contributed by atoms with Crippen molar-refractivity contribution in [2.45, 2.75) is 25.1 Å². The Bertz CT molecular complexity index is 1040. The largest absolute Gasteiger partial charge is 0.469 e. The van der Waals surface area contributed by atoms with E-state index in [1.807, 2.05) is 36.4 Å². The van der Waals surface area contributed by atoms with Crippen LogP contribution >= 0.6 is 24.9 Å². The molecule has 1 aromatic carbocycles. The molecule has 2 aromatic rings. The number of hydrogen-bond donors (Lipinski definition) is 2. The van der Waals surface area contributed by atoms with Crippen LogP contribution in [0.4, 0.5) is 5.69 Å². The van der Waals surface area contributed by atoms with Gasteiger partial charge >= 0.3 is 5.97 Å². The normalized spacial score (nSPS) is 21.9. The summed E-state index contributed by atoms with van der Waals surface area (Å²) in [5, 5.41) is 6.69. The molecule has 3 aliphatic rings. The number of aliphatic imine (C=N–C) groups is 1. The van der Waals surface area contributed by atoms with E-state index in [9.17, 15) is 4.79 Å². The molecule has 0 bridgehead atoms. The number of ether oxygens (including phenoxy) is 3. The molecule has 2 unspecified atom stereocenters. The Morgan fingerprint density at radius 1 is 1.16 bits per heavy atom. The zero-order valence-corrected chi connectivity index (χ0v) is 24.1. The number of nitrogens with one attached hydrogen (secondary N) is 2. The van der Waals surface area contributed by atoms with Crippen LogP contribution in [-0.2, 0) is 23.5 Å². The molecule has 12 heteroatoms. The number of carbonyl (C=O) groups excluding carboxylic acids is 1. The Labute approximate surface area is 233 Å². The molecule has 5 rings (SSSR count). The third-order valence-electron chi connectivity index (χ3n) is 6.12. The van der Waals surface area contributed by atoms with E-state index in [4.69, 9.17) is 23.7 Å². The number of rotatable bonds is 7. The molecule has 0 aliphatic carbocycles. The molecule has 2 fully saturated rings. The van der Waals surface area contributed by atoms with Crippen LogP contribution in [0.5, 0.6) is 0 Å². The molecule has 0 amide bonds. The molecule has 10 nitrogen and oxygen atoms in total. The van der Waals surface area contributed by atoms with Gasteiger partial charge in [-0.3, -0.25) is 19.4 Å². The van der Waals surface area contributed by atoms with Gasteiger partial charge in [-0.25, -0.2) is 0 Å². The van der Waals surface area contributed by atoms with Crippen LogP contribution in [0.1, 0.15) is 24.1 Å². The predicted octanol–water partition coefficient (Wildman–Crippen LogP) is 3.22. The highest BCUT2D eigenvalue weighted by molar-refractivity contribution is 9.10. The zero-order valence-electron chi connectivity index (χ0n) is 21.5. The summed E-state index contributed by atoms with van der Waals surface area (Å²) in [4.78, 5) is 21.5. The molecule has 38 heavy (non-hydrogen) atoms. The fraction of sp³-hybridized carbons (Fsp3) is 0.500. The minimum atomic E-state index is -0.401. The van der Waals surface area contributed by atoms with Gasteiger partial charge < -0.3 is 29.4 Å². The van der Waals surface area contributed by atoms with E-state index >= 15 is 0 Å². The molecular formula is C26H35BrN5O5P. The molecule has 3 atom stereocenters. The highest BCUT2D eigenvalue weighted by Crippen LogP contribution is 2.33. The second-order valence-electron chi connectivity index (χ2n) is 8.80. The van der Waals surface area contributed by atoms with Crippen LogP contribution in [0.25, 0.3) is 0 Å². The van der Waals surface area contributed by atoms with Gasteiger partial charge in [-0.15, -0.1) is 0 Å². The van der Waals surface area contributed by atoms with Gasteiger partial charge in [0, 0.05) is 54.5 Å². The molecule has 206 valence electrons. The maximum Gasteiger partial charge on any atom is 0.305 e. The third kappa shape index (κ3) is 8.77. The Kier molecular flexibility index (Phi) is 11.9. The van der Waals surface area contributed by atoms with Crippen LogP contribution in [0.2, 0.25) is 0 Å². The monoisotopic (exact) mass is 607 g/mol. The lowest BCUT2D eigenvalue weighted by atomic mass is 10.0. The lowest BCUT2D eigenvalue weighted by Gasteiger charge is -2.30. The molecule has 0 radical (unpaired) electrons. The maximum absolute atomic E-state index is 11.9. The number of nitrogens with zero attached hydrogens (tertiary/aromatic N) is 3. The van der Waals surface area contributed by atoms with Crippen molar-refractivity contribution in [1.82, 2.24) is 15.0 Å². The van der Waals surface area contributed by atoms with E-state index in [0.29, 0.717) is 19.6 Å². The number of morpholine rings is 2. The topological polar surface area (TPSA) is 107 Å². The zero-order chi connectivity index (χ0) is 26.6. The van der Waals surface area contributed by atoms with Gasteiger partial charge in [0.1, 0.15) is 0 Å². The van der Waals surface area contributed by atoms with E-state index in [-0.39, 0.29) is 27.4 Å². The van der Waals surface area contributed by atoms with Crippen molar-refractivity contribution in [2.75, 3.05) is 65.0 Å². The summed E-state index contributed by atoms with van der Waals surface area (Å²) >= 11 is 3.58. The number of benzene rings is 1. The molecule has 0 spiro atoms. The van der Waals surface area contributed by atoms with Crippen molar-refractivity contribution in [3.63, 3.8) is 0 Å². The Balaban J connectivity index is 0.000000494. The van der Waals surface area contributed by atoms with E-state index < -0.39 is 6.23 Å². The quantitative estimate of drug-likeness (QED) is 0.362. The number of hydrogen-bond acceptors (Lipinski definition) is 10. The van der Waals surface area contributed by atoms with Gasteiger partial charge in [0.05, 0.1) is 59.9 Å². The van der Waals surface area contributed by atoms with Crippen molar-refractivity contribution in [3.8, 4) is 0 Å². The molecule has 2 saturated heterocycles. The highest BCUT2D eigenvalue weighted by Gasteiger charge is 2.30. The summed E-state index contributed by atoms with van der Waals surface area (Å²) in [6, 6.07) is 11.5. The number of methoxy groups -OCH3 is 1. The average Bonchev–Trinajstić information content (AvgIpc) is 3.13. The number of esters is 1. The lowest BCUT2D eigenvalue weighted by Crippen LogP contribution is -2.36. The van der Waals surface area contributed by atoms with Gasteiger partial charge in [-0.1, -0.05) is 22.0 Å². The number of carbonyl (C=O) groups is 1. The minimum absolute atomic E-state index is 0.168. The lowest BCUT2D eigenvalue weighted by molar-refractivity contribution is -0.140. The standard InChI is InChI=1S/C22H26BrN4O4P.C4H9NO/c1-29-20(28)8-7-19-22(31-32-27-10-12-30-13-11-27)26-17-6-5-15(23)14-16(17)21(25-19)18-4-2-3-9-24-18;1-3-6-4-2-5-1/h2-6,9,14,19,22,26,32H,7-8,10-13H2,1H3;5H,1-4H2/t19-,22?;/m0./s1. The Morgan fingerprint density at radius 2 is 1.95 bits per heavy atom. The number of halogens is 1. The summed E-state index contributed by atoms with van der Waals surface area (Å²) < 4.78 is 24.8. The van der Waals surface area contributed by atoms with E-state index in [1.165, 1.54) is 7.11 Å². The number of pyridine rings is 1. The maximum atomic E-state index is 11.9. The first-order chi connectivity index (χ1) is 18.6. The highest BCUT2D eigenvalue weighted by atomic mass is 79.9. The predicted molar refractivity (Wildman–Crippen MR) is 152 cm³/mol. The number of aromatic nitrogens is 1. The first-order valence-corrected chi connectivity index (χ1v) is 14.4. The van der Waals surface area contributed by atoms with Crippen LogP contribution in [0.15, 0.2) is 52.1 Å². The summed E-state index contributed by atoms with van der Waals surface area (Å²) in [6.45, 7) is 6.92. The molecule has 1 aromatic heterocycles. The van der Waals surface area contributed by atoms with Crippen molar-refractivity contribution >= 4 is 42.3 Å². The minimum Gasteiger partial charge on any atom is -0.469 e. The SMILES string of the molecule is C1COCCN1.COC(=O)CC[C@@H]1N=C(c2ccccn2)c2cc(Br)ccc2NC1OPN1CCOCC1. The number of benzodiazepines with no additional fused rings is 1. The van der Waals surface area contributed by atoms with Crippen LogP contribution < -0.4 is 10.6 Å². The number of anilines is 1. The third-order valence-corrected chi connectivity index (χ3v) is 7.68. The van der Waals surface area contributed by atoms with Gasteiger partial charge in [0.25, 0.3) is 0 Å². The van der Waals surface area contributed by atoms with Gasteiger partial charge in [-0.05, 0) is 36.8 Å².